The van der Waals surface area contributed by atoms with Gasteiger partial charge in [0, 0.05) is 12.6 Å². The van der Waals surface area contributed by atoms with Crippen LogP contribution in [0, 0.1) is 6.92 Å². The summed E-state index contributed by atoms with van der Waals surface area (Å²) >= 11 is 1.42. The van der Waals surface area contributed by atoms with Crippen molar-refractivity contribution in [3.8, 4) is 11.4 Å². The number of rotatable bonds is 6. The molecular formula is C19H21N3O2S. The maximum atomic E-state index is 12.7. The minimum Gasteiger partial charge on any atom is -0.469 e. The molecule has 0 unspecified atom stereocenters. The average Bonchev–Trinajstić information content (AvgIpc) is 3.20. The number of aromatic nitrogens is 3. The highest BCUT2D eigenvalue weighted by Gasteiger charge is 2.21. The van der Waals surface area contributed by atoms with E-state index in [0.717, 1.165) is 29.1 Å². The van der Waals surface area contributed by atoms with E-state index in [9.17, 15) is 4.79 Å². The number of furan rings is 1. The van der Waals surface area contributed by atoms with E-state index < -0.39 is 0 Å². The summed E-state index contributed by atoms with van der Waals surface area (Å²) in [5.41, 5.74) is 2.87. The van der Waals surface area contributed by atoms with Crippen molar-refractivity contribution in [3.63, 3.8) is 0 Å². The standard InChI is InChI=1S/C19H21N3O2S/c1-5-14-6-8-15(9-7-14)17(23)13(3)25-19-21-20-18(22(19)4)16-10-11-24-12(16)2/h6-11,13H,5H2,1-4H3/t13-/m0/s1. The van der Waals surface area contributed by atoms with E-state index in [2.05, 4.69) is 17.1 Å². The molecule has 6 heteroatoms. The lowest BCUT2D eigenvalue weighted by atomic mass is 10.1. The fourth-order valence-electron chi connectivity index (χ4n) is 2.62. The number of thioether (sulfide) groups is 1. The number of benzene rings is 1. The molecule has 3 aromatic rings. The Balaban J connectivity index is 1.76. The van der Waals surface area contributed by atoms with Gasteiger partial charge in [-0.15, -0.1) is 10.2 Å². The molecule has 0 aliphatic carbocycles. The second kappa shape index (κ2) is 7.27. The molecule has 2 heterocycles. The predicted molar refractivity (Wildman–Crippen MR) is 98.9 cm³/mol. The maximum absolute atomic E-state index is 12.7. The van der Waals surface area contributed by atoms with Gasteiger partial charge in [-0.1, -0.05) is 43.0 Å². The molecule has 0 spiro atoms. The van der Waals surface area contributed by atoms with Crippen LogP contribution in [-0.4, -0.2) is 25.8 Å². The topological polar surface area (TPSA) is 60.9 Å². The molecule has 2 aromatic heterocycles. The summed E-state index contributed by atoms with van der Waals surface area (Å²) in [6.45, 7) is 5.89. The van der Waals surface area contributed by atoms with Crippen molar-refractivity contribution in [2.45, 2.75) is 37.6 Å². The van der Waals surface area contributed by atoms with E-state index in [1.165, 1.54) is 17.3 Å². The largest absolute Gasteiger partial charge is 0.469 e. The Morgan fingerprint density at radius 1 is 1.24 bits per heavy atom. The first-order chi connectivity index (χ1) is 12.0. The summed E-state index contributed by atoms with van der Waals surface area (Å²) in [6, 6.07) is 9.68. The van der Waals surface area contributed by atoms with Crippen LogP contribution in [-0.2, 0) is 13.5 Å². The van der Waals surface area contributed by atoms with E-state index in [0.29, 0.717) is 5.16 Å². The number of Topliss-reactive ketones (excluding diaryl/α,β-unsaturated/α-hetero) is 1. The smallest absolute Gasteiger partial charge is 0.191 e. The lowest BCUT2D eigenvalue weighted by Crippen LogP contribution is -2.14. The van der Waals surface area contributed by atoms with E-state index in [4.69, 9.17) is 4.42 Å². The SMILES string of the molecule is CCc1ccc(C(=O)[C@H](C)Sc2nnc(-c3ccoc3C)n2C)cc1. The van der Waals surface area contributed by atoms with Gasteiger partial charge in [0.2, 0.25) is 0 Å². The van der Waals surface area contributed by atoms with Crippen LogP contribution in [0.25, 0.3) is 11.4 Å². The number of carbonyl (C=O) groups is 1. The fourth-order valence-corrected chi connectivity index (χ4v) is 3.51. The van der Waals surface area contributed by atoms with Gasteiger partial charge >= 0.3 is 0 Å². The molecule has 1 atom stereocenters. The van der Waals surface area contributed by atoms with E-state index in [1.807, 2.05) is 55.8 Å². The lowest BCUT2D eigenvalue weighted by molar-refractivity contribution is 0.0994. The van der Waals surface area contributed by atoms with E-state index in [1.54, 1.807) is 6.26 Å². The third kappa shape index (κ3) is 3.54. The van der Waals surface area contributed by atoms with Crippen molar-refractivity contribution in [1.82, 2.24) is 14.8 Å². The van der Waals surface area contributed by atoms with Crippen molar-refractivity contribution in [2.24, 2.45) is 7.05 Å². The molecule has 0 N–H and O–H groups in total. The molecule has 3 rings (SSSR count). The Bertz CT molecular complexity index is 880. The highest BCUT2D eigenvalue weighted by molar-refractivity contribution is 8.00. The second-order valence-electron chi connectivity index (χ2n) is 5.93. The van der Waals surface area contributed by atoms with Gasteiger partial charge in [0.1, 0.15) is 5.76 Å². The minimum absolute atomic E-state index is 0.0942. The first kappa shape index (κ1) is 17.5. The van der Waals surface area contributed by atoms with Crippen LogP contribution in [0.4, 0.5) is 0 Å². The van der Waals surface area contributed by atoms with Crippen molar-refractivity contribution >= 4 is 17.5 Å². The molecule has 25 heavy (non-hydrogen) atoms. The molecule has 0 fully saturated rings. The van der Waals surface area contributed by atoms with Crippen LogP contribution in [0.1, 0.15) is 35.5 Å². The highest BCUT2D eigenvalue weighted by Crippen LogP contribution is 2.29. The molecule has 0 aliphatic heterocycles. The van der Waals surface area contributed by atoms with Crippen LogP contribution >= 0.6 is 11.8 Å². The van der Waals surface area contributed by atoms with Crippen LogP contribution in [0.5, 0.6) is 0 Å². The maximum Gasteiger partial charge on any atom is 0.191 e. The first-order valence-electron chi connectivity index (χ1n) is 8.25. The molecular weight excluding hydrogens is 334 g/mol. The van der Waals surface area contributed by atoms with Crippen LogP contribution in [0.3, 0.4) is 0 Å². The van der Waals surface area contributed by atoms with Gasteiger partial charge in [-0.2, -0.15) is 0 Å². The Kier molecular flexibility index (Phi) is 5.08. The zero-order valence-corrected chi connectivity index (χ0v) is 15.6. The summed E-state index contributed by atoms with van der Waals surface area (Å²) in [4.78, 5) is 12.7. The summed E-state index contributed by atoms with van der Waals surface area (Å²) in [6.07, 6.45) is 2.60. The number of aryl methyl sites for hydroxylation is 2. The third-order valence-electron chi connectivity index (χ3n) is 4.23. The molecule has 0 amide bonds. The Labute approximate surface area is 151 Å². The fraction of sp³-hybridized carbons (Fsp3) is 0.316. The number of nitrogens with zero attached hydrogens (tertiary/aromatic N) is 3. The van der Waals surface area contributed by atoms with E-state index >= 15 is 0 Å². The summed E-state index contributed by atoms with van der Waals surface area (Å²) in [5, 5.41) is 8.95. The molecule has 1 aromatic carbocycles. The van der Waals surface area contributed by atoms with E-state index in [-0.39, 0.29) is 11.0 Å². The molecule has 0 bridgehead atoms. The number of ketones is 1. The molecule has 0 aliphatic rings. The lowest BCUT2D eigenvalue weighted by Gasteiger charge is -2.10. The Morgan fingerprint density at radius 2 is 1.96 bits per heavy atom. The summed E-state index contributed by atoms with van der Waals surface area (Å²) in [7, 11) is 1.90. The van der Waals surface area contributed by atoms with Gasteiger partial charge in [0.15, 0.2) is 16.8 Å². The number of hydrogen-bond acceptors (Lipinski definition) is 5. The van der Waals surface area contributed by atoms with Gasteiger partial charge in [0.25, 0.3) is 0 Å². The zero-order valence-electron chi connectivity index (χ0n) is 14.8. The monoisotopic (exact) mass is 355 g/mol. The summed E-state index contributed by atoms with van der Waals surface area (Å²) < 4.78 is 7.23. The van der Waals surface area contributed by atoms with Crippen LogP contribution < -0.4 is 0 Å². The zero-order chi connectivity index (χ0) is 18.0. The van der Waals surface area contributed by atoms with Crippen LogP contribution in [0.2, 0.25) is 0 Å². The number of hydrogen-bond donors (Lipinski definition) is 0. The Morgan fingerprint density at radius 3 is 2.56 bits per heavy atom. The highest BCUT2D eigenvalue weighted by atomic mass is 32.2. The first-order valence-corrected chi connectivity index (χ1v) is 9.13. The van der Waals surface area contributed by atoms with Crippen LogP contribution in [0.15, 0.2) is 46.2 Å². The van der Waals surface area contributed by atoms with Gasteiger partial charge in [-0.25, -0.2) is 0 Å². The van der Waals surface area contributed by atoms with Crippen molar-refractivity contribution in [2.75, 3.05) is 0 Å². The van der Waals surface area contributed by atoms with Crippen molar-refractivity contribution in [1.29, 1.82) is 0 Å². The van der Waals surface area contributed by atoms with Crippen molar-refractivity contribution < 1.29 is 9.21 Å². The third-order valence-corrected chi connectivity index (χ3v) is 5.37. The minimum atomic E-state index is -0.242. The molecule has 0 saturated heterocycles. The second-order valence-corrected chi connectivity index (χ2v) is 7.24. The molecule has 5 nitrogen and oxygen atoms in total. The van der Waals surface area contributed by atoms with Crippen molar-refractivity contribution in [3.05, 3.63) is 53.5 Å². The Hall–Kier alpha value is -2.34. The summed E-state index contributed by atoms with van der Waals surface area (Å²) in [5.74, 6) is 1.63. The molecule has 0 radical (unpaired) electrons. The van der Waals surface area contributed by atoms with Gasteiger partial charge in [0.05, 0.1) is 17.1 Å². The predicted octanol–water partition coefficient (Wildman–Crippen LogP) is 4.31. The van der Waals surface area contributed by atoms with Gasteiger partial charge < -0.3 is 8.98 Å². The normalized spacial score (nSPS) is 12.3. The van der Waals surface area contributed by atoms with Gasteiger partial charge in [-0.05, 0) is 31.9 Å². The number of carbonyl (C=O) groups excluding carboxylic acids is 1. The average molecular weight is 355 g/mol. The molecule has 0 saturated carbocycles. The quantitative estimate of drug-likeness (QED) is 0.487. The van der Waals surface area contributed by atoms with Gasteiger partial charge in [-0.3, -0.25) is 4.79 Å². The molecule has 130 valence electrons.